The van der Waals surface area contributed by atoms with Crippen LogP contribution in [-0.2, 0) is 13.0 Å². The molecule has 192 valence electrons. The molecule has 1 fully saturated rings. The molecule has 2 aliphatic heterocycles. The smallest absolute Gasteiger partial charge is 0.255 e. The number of nitrogens with one attached hydrogen (secondary N) is 1. The Hall–Kier alpha value is -1.92. The van der Waals surface area contributed by atoms with E-state index in [1.165, 1.54) is 41.2 Å². The number of fused-ring (bicyclic) bond motifs is 1. The van der Waals surface area contributed by atoms with E-state index in [0.717, 1.165) is 36.2 Å². The summed E-state index contributed by atoms with van der Waals surface area (Å²) in [6, 6.07) is 1.99. The zero-order valence-corrected chi connectivity index (χ0v) is 23.5. The third kappa shape index (κ3) is 5.75. The van der Waals surface area contributed by atoms with Crippen molar-refractivity contribution in [1.82, 2.24) is 14.8 Å². The van der Waals surface area contributed by atoms with E-state index in [4.69, 9.17) is 0 Å². The molecule has 0 aliphatic carbocycles. The maximum atomic E-state index is 13.8. The lowest BCUT2D eigenvalue weighted by molar-refractivity contribution is 0.0747. The Kier molecular flexibility index (Phi) is 7.63. The van der Waals surface area contributed by atoms with Gasteiger partial charge in [0.2, 0.25) is 0 Å². The number of carbonyl (C=O) groups excluding carboxylic acids is 1. The molecule has 2 aliphatic rings. The van der Waals surface area contributed by atoms with Crippen molar-refractivity contribution in [2.75, 3.05) is 26.2 Å². The molecule has 0 bridgehead atoms. The van der Waals surface area contributed by atoms with Gasteiger partial charge in [0.15, 0.2) is 0 Å². The molecule has 0 saturated carbocycles. The standard InChI is InChI=1S/C29H43N3O2S/c1-18-15-19(2)30-27(33)23(18)16-32-12-8-9-24-25(28(32)34)21(4)26(35-24)20(3)22-10-13-31(14-11-22)17-29(5,6)7/h15,20,22H,8-14,16-17H2,1-7H3,(H,30,33). The first-order valence-corrected chi connectivity index (χ1v) is 14.1. The number of hydrogen-bond acceptors (Lipinski definition) is 4. The number of aromatic nitrogens is 1. The Morgan fingerprint density at radius 2 is 1.80 bits per heavy atom. The van der Waals surface area contributed by atoms with Gasteiger partial charge in [0.05, 0.1) is 12.1 Å². The number of hydrogen-bond donors (Lipinski definition) is 1. The third-order valence-electron chi connectivity index (χ3n) is 7.88. The van der Waals surface area contributed by atoms with Crippen molar-refractivity contribution >= 4 is 17.2 Å². The van der Waals surface area contributed by atoms with E-state index in [9.17, 15) is 9.59 Å². The number of rotatable bonds is 5. The molecule has 5 nitrogen and oxygen atoms in total. The van der Waals surface area contributed by atoms with E-state index in [1.54, 1.807) is 0 Å². The molecule has 1 N–H and O–H groups in total. The Labute approximate surface area is 214 Å². The predicted octanol–water partition coefficient (Wildman–Crippen LogP) is 5.81. The summed E-state index contributed by atoms with van der Waals surface area (Å²) in [6.45, 7) is 19.9. The highest BCUT2D eigenvalue weighted by molar-refractivity contribution is 7.12. The van der Waals surface area contributed by atoms with Crippen LogP contribution in [0.5, 0.6) is 0 Å². The fourth-order valence-electron chi connectivity index (χ4n) is 6.09. The van der Waals surface area contributed by atoms with E-state index >= 15 is 0 Å². The van der Waals surface area contributed by atoms with Crippen LogP contribution >= 0.6 is 11.3 Å². The highest BCUT2D eigenvalue weighted by Gasteiger charge is 2.33. The van der Waals surface area contributed by atoms with Crippen molar-refractivity contribution in [2.24, 2.45) is 11.3 Å². The van der Waals surface area contributed by atoms with Gasteiger partial charge in [-0.2, -0.15) is 0 Å². The molecule has 0 radical (unpaired) electrons. The number of piperidine rings is 1. The number of nitrogens with zero attached hydrogens (tertiary/aromatic N) is 2. The van der Waals surface area contributed by atoms with Crippen molar-refractivity contribution in [3.05, 3.63) is 54.1 Å². The van der Waals surface area contributed by atoms with Crippen molar-refractivity contribution in [3.8, 4) is 0 Å². The SMILES string of the molecule is Cc1cc(C)c(CN2CCCc3sc(C(C)C4CCN(CC(C)(C)C)CC4)c(C)c3C2=O)c(=O)[nH]1. The van der Waals surface area contributed by atoms with Crippen LogP contribution < -0.4 is 5.56 Å². The molecule has 35 heavy (non-hydrogen) atoms. The molecule has 6 heteroatoms. The van der Waals surface area contributed by atoms with Gasteiger partial charge in [-0.15, -0.1) is 11.3 Å². The number of H-pyrrole nitrogens is 1. The summed E-state index contributed by atoms with van der Waals surface area (Å²) in [5.41, 5.74) is 4.88. The van der Waals surface area contributed by atoms with Gasteiger partial charge in [-0.25, -0.2) is 0 Å². The summed E-state index contributed by atoms with van der Waals surface area (Å²) >= 11 is 1.88. The first-order chi connectivity index (χ1) is 16.4. The lowest BCUT2D eigenvalue weighted by Gasteiger charge is -2.38. The first-order valence-electron chi connectivity index (χ1n) is 13.3. The highest BCUT2D eigenvalue weighted by Crippen LogP contribution is 2.42. The molecule has 0 aromatic carbocycles. The van der Waals surface area contributed by atoms with Crippen LogP contribution in [0.25, 0.3) is 0 Å². The van der Waals surface area contributed by atoms with E-state index in [-0.39, 0.29) is 11.5 Å². The largest absolute Gasteiger partial charge is 0.334 e. The van der Waals surface area contributed by atoms with E-state index < -0.39 is 0 Å². The molecular weight excluding hydrogens is 454 g/mol. The van der Waals surface area contributed by atoms with Gasteiger partial charge in [-0.3, -0.25) is 9.59 Å². The average Bonchev–Trinajstić information content (AvgIpc) is 3.00. The van der Waals surface area contributed by atoms with Crippen LogP contribution in [0.3, 0.4) is 0 Å². The maximum absolute atomic E-state index is 13.8. The van der Waals surface area contributed by atoms with Crippen LogP contribution in [0.2, 0.25) is 0 Å². The molecular formula is C29H43N3O2S. The van der Waals surface area contributed by atoms with Gasteiger partial charge >= 0.3 is 0 Å². The number of carbonyl (C=O) groups is 1. The van der Waals surface area contributed by atoms with Crippen LogP contribution in [0, 0.1) is 32.1 Å². The molecule has 1 amide bonds. The minimum absolute atomic E-state index is 0.0751. The second-order valence-electron chi connectivity index (χ2n) is 12.1. The molecule has 1 saturated heterocycles. The number of aromatic amines is 1. The van der Waals surface area contributed by atoms with Gasteiger partial charge in [0.1, 0.15) is 0 Å². The van der Waals surface area contributed by atoms with Crippen LogP contribution in [0.4, 0.5) is 0 Å². The number of likely N-dealkylation sites (tertiary alicyclic amines) is 1. The molecule has 2 aromatic rings. The second kappa shape index (κ2) is 10.2. The predicted molar refractivity (Wildman–Crippen MR) is 146 cm³/mol. The normalized spacial score (nSPS) is 19.1. The quantitative estimate of drug-likeness (QED) is 0.567. The number of amides is 1. The Bertz CT molecular complexity index is 1130. The van der Waals surface area contributed by atoms with Crippen molar-refractivity contribution in [3.63, 3.8) is 0 Å². The van der Waals surface area contributed by atoms with Gasteiger partial charge in [-0.1, -0.05) is 27.7 Å². The van der Waals surface area contributed by atoms with Gasteiger partial charge in [0, 0.05) is 34.1 Å². The molecule has 2 aromatic heterocycles. The zero-order valence-electron chi connectivity index (χ0n) is 22.7. The minimum atomic E-state index is -0.0751. The minimum Gasteiger partial charge on any atom is -0.334 e. The first kappa shape index (κ1) is 26.2. The molecule has 0 spiro atoms. The summed E-state index contributed by atoms with van der Waals surface area (Å²) in [5.74, 6) is 1.25. The Morgan fingerprint density at radius 1 is 1.11 bits per heavy atom. The Balaban J connectivity index is 1.52. The van der Waals surface area contributed by atoms with E-state index in [1.807, 2.05) is 36.2 Å². The number of thiophene rings is 1. The van der Waals surface area contributed by atoms with E-state index in [0.29, 0.717) is 35.9 Å². The van der Waals surface area contributed by atoms with Crippen LogP contribution in [0.1, 0.15) is 95.4 Å². The monoisotopic (exact) mass is 497 g/mol. The molecule has 1 unspecified atom stereocenters. The van der Waals surface area contributed by atoms with Gasteiger partial charge < -0.3 is 14.8 Å². The van der Waals surface area contributed by atoms with Gasteiger partial charge in [0.25, 0.3) is 11.5 Å². The van der Waals surface area contributed by atoms with Crippen molar-refractivity contribution in [1.29, 1.82) is 0 Å². The van der Waals surface area contributed by atoms with Gasteiger partial charge in [-0.05, 0) is 94.0 Å². The fraction of sp³-hybridized carbons (Fsp3) is 0.655. The van der Waals surface area contributed by atoms with Crippen LogP contribution in [-0.4, -0.2) is 46.9 Å². The molecule has 4 heterocycles. The summed E-state index contributed by atoms with van der Waals surface area (Å²) in [5, 5.41) is 0. The molecule has 4 rings (SSSR count). The lowest BCUT2D eigenvalue weighted by atomic mass is 9.82. The van der Waals surface area contributed by atoms with E-state index in [2.05, 4.69) is 44.5 Å². The topological polar surface area (TPSA) is 56.4 Å². The second-order valence-corrected chi connectivity index (χ2v) is 13.3. The Morgan fingerprint density at radius 3 is 2.43 bits per heavy atom. The summed E-state index contributed by atoms with van der Waals surface area (Å²) in [4.78, 5) is 36.4. The van der Waals surface area contributed by atoms with Crippen LogP contribution in [0.15, 0.2) is 10.9 Å². The maximum Gasteiger partial charge on any atom is 0.255 e. The average molecular weight is 498 g/mol. The highest BCUT2D eigenvalue weighted by atomic mass is 32.1. The number of pyridine rings is 1. The zero-order chi connectivity index (χ0) is 25.5. The summed E-state index contributed by atoms with van der Waals surface area (Å²) in [7, 11) is 0. The van der Waals surface area contributed by atoms with Crippen molar-refractivity contribution in [2.45, 2.75) is 86.6 Å². The third-order valence-corrected chi connectivity index (χ3v) is 9.44. The molecule has 1 atom stereocenters. The summed E-state index contributed by atoms with van der Waals surface area (Å²) in [6.07, 6.45) is 4.35. The lowest BCUT2D eigenvalue weighted by Crippen LogP contribution is -2.40. The van der Waals surface area contributed by atoms with Crippen molar-refractivity contribution < 1.29 is 4.79 Å². The fourth-order valence-corrected chi connectivity index (χ4v) is 7.58. The summed E-state index contributed by atoms with van der Waals surface area (Å²) < 4.78 is 0. The number of aryl methyl sites for hydroxylation is 3.